The number of carboxylic acid groups (broad SMARTS) is 1. The molecule has 0 heterocycles. The summed E-state index contributed by atoms with van der Waals surface area (Å²) in [4.78, 5) is 10.2. The second-order valence-corrected chi connectivity index (χ2v) is 6.18. The third-order valence-corrected chi connectivity index (χ3v) is 3.78. The van der Waals surface area contributed by atoms with Gasteiger partial charge in [0.1, 0.15) is 0 Å². The van der Waals surface area contributed by atoms with Crippen molar-refractivity contribution in [1.82, 2.24) is 0 Å². The molecular weight excluding hydrogens is 326 g/mol. The molecule has 0 radical (unpaired) electrons. The molecule has 0 aliphatic carbocycles. The molecule has 0 bridgehead atoms. The Morgan fingerprint density at radius 1 is 1.00 bits per heavy atom. The van der Waals surface area contributed by atoms with E-state index in [4.69, 9.17) is 5.11 Å². The minimum atomic E-state index is -3.63. The summed E-state index contributed by atoms with van der Waals surface area (Å²) in [5.41, 5.74) is 0. The maximum absolute atomic E-state index is 12.8. The van der Waals surface area contributed by atoms with Crippen LogP contribution in [0.1, 0.15) is 71.1 Å². The van der Waals surface area contributed by atoms with Gasteiger partial charge in [0.05, 0.1) is 6.10 Å². The molecule has 144 valence electrons. The highest BCUT2D eigenvalue weighted by Crippen LogP contribution is 2.20. The van der Waals surface area contributed by atoms with Crippen LogP contribution in [0.2, 0.25) is 0 Å². The molecule has 5 heteroatoms. The molecule has 0 spiro atoms. The molecule has 0 fully saturated rings. The molecular formula is C20H32F2O3. The van der Waals surface area contributed by atoms with Crippen molar-refractivity contribution < 1.29 is 23.8 Å². The van der Waals surface area contributed by atoms with Crippen molar-refractivity contribution in [2.75, 3.05) is 0 Å². The van der Waals surface area contributed by atoms with Crippen molar-refractivity contribution in [2.24, 2.45) is 0 Å². The first-order chi connectivity index (χ1) is 11.9. The van der Waals surface area contributed by atoms with Gasteiger partial charge in [-0.2, -0.15) is 8.78 Å². The van der Waals surface area contributed by atoms with Crippen LogP contribution in [0.15, 0.2) is 36.5 Å². The van der Waals surface area contributed by atoms with E-state index in [1.807, 2.05) is 30.4 Å². The van der Waals surface area contributed by atoms with Crippen molar-refractivity contribution in [1.29, 1.82) is 0 Å². The van der Waals surface area contributed by atoms with Crippen molar-refractivity contribution in [3.63, 3.8) is 0 Å². The van der Waals surface area contributed by atoms with Crippen molar-refractivity contribution in [2.45, 2.75) is 83.2 Å². The fourth-order valence-corrected chi connectivity index (χ4v) is 2.20. The molecule has 0 aromatic rings. The highest BCUT2D eigenvalue weighted by Gasteiger charge is 2.37. The minimum absolute atomic E-state index is 0.0740. The SMILES string of the molecule is CCCCCC(O)/C=C/C=C\CCCC/C=C\CCC(F)(F)C(=O)O. The molecule has 0 saturated carbocycles. The zero-order valence-electron chi connectivity index (χ0n) is 15.2. The Balaban J connectivity index is 3.60. The smallest absolute Gasteiger partial charge is 0.374 e. The highest BCUT2D eigenvalue weighted by molar-refractivity contribution is 5.75. The number of aliphatic carboxylic acids is 1. The normalized spacial score (nSPS) is 14.1. The predicted molar refractivity (Wildman–Crippen MR) is 97.9 cm³/mol. The van der Waals surface area contributed by atoms with Crippen LogP contribution in [0.4, 0.5) is 8.78 Å². The molecule has 0 aliphatic rings. The highest BCUT2D eigenvalue weighted by atomic mass is 19.3. The Kier molecular flexibility index (Phi) is 13.9. The number of hydrogen-bond acceptors (Lipinski definition) is 2. The van der Waals surface area contributed by atoms with Crippen LogP contribution in [0, 0.1) is 0 Å². The second-order valence-electron chi connectivity index (χ2n) is 6.18. The van der Waals surface area contributed by atoms with E-state index in [-0.39, 0.29) is 12.5 Å². The van der Waals surface area contributed by atoms with E-state index in [1.165, 1.54) is 0 Å². The molecule has 0 aliphatic heterocycles. The number of halogens is 2. The van der Waals surface area contributed by atoms with Crippen LogP contribution < -0.4 is 0 Å². The summed E-state index contributed by atoms with van der Waals surface area (Å²) < 4.78 is 25.6. The first kappa shape index (κ1) is 23.5. The van der Waals surface area contributed by atoms with Crippen LogP contribution in [0.3, 0.4) is 0 Å². The van der Waals surface area contributed by atoms with Gasteiger partial charge in [0.15, 0.2) is 0 Å². The van der Waals surface area contributed by atoms with Crippen molar-refractivity contribution in [3.8, 4) is 0 Å². The summed E-state index contributed by atoms with van der Waals surface area (Å²) in [6.07, 6.45) is 18.0. The number of unbranched alkanes of at least 4 members (excludes halogenated alkanes) is 5. The number of allylic oxidation sites excluding steroid dienone is 5. The minimum Gasteiger partial charge on any atom is -0.477 e. The van der Waals surface area contributed by atoms with E-state index in [0.717, 1.165) is 51.4 Å². The number of rotatable bonds is 15. The van der Waals surface area contributed by atoms with Crippen LogP contribution in [0.5, 0.6) is 0 Å². The Hall–Kier alpha value is -1.49. The van der Waals surface area contributed by atoms with Crippen LogP contribution in [-0.2, 0) is 4.79 Å². The van der Waals surface area contributed by atoms with E-state index in [2.05, 4.69) is 6.92 Å². The fraction of sp³-hybridized carbons (Fsp3) is 0.650. The molecule has 0 saturated heterocycles. The van der Waals surface area contributed by atoms with Gasteiger partial charge in [-0.3, -0.25) is 0 Å². The van der Waals surface area contributed by atoms with E-state index in [1.54, 1.807) is 6.08 Å². The van der Waals surface area contributed by atoms with Crippen molar-refractivity contribution in [3.05, 3.63) is 36.5 Å². The molecule has 0 rings (SSSR count). The first-order valence-electron chi connectivity index (χ1n) is 9.17. The van der Waals surface area contributed by atoms with E-state index in [0.29, 0.717) is 0 Å². The number of aliphatic hydroxyl groups excluding tert-OH is 1. The number of hydrogen-bond donors (Lipinski definition) is 2. The quantitative estimate of drug-likeness (QED) is 0.226. The lowest BCUT2D eigenvalue weighted by atomic mass is 10.1. The van der Waals surface area contributed by atoms with E-state index < -0.39 is 18.3 Å². The zero-order chi connectivity index (χ0) is 19.0. The van der Waals surface area contributed by atoms with Gasteiger partial charge in [0.2, 0.25) is 0 Å². The third kappa shape index (κ3) is 14.6. The third-order valence-electron chi connectivity index (χ3n) is 3.78. The molecule has 25 heavy (non-hydrogen) atoms. The van der Waals surface area contributed by atoms with Crippen molar-refractivity contribution >= 4 is 5.97 Å². The maximum atomic E-state index is 12.8. The first-order valence-corrected chi connectivity index (χ1v) is 9.17. The Morgan fingerprint density at radius 2 is 1.64 bits per heavy atom. The van der Waals surface area contributed by atoms with Crippen LogP contribution in [0.25, 0.3) is 0 Å². The Labute approximate surface area is 150 Å². The zero-order valence-corrected chi connectivity index (χ0v) is 15.2. The molecule has 2 N–H and O–H groups in total. The lowest BCUT2D eigenvalue weighted by molar-refractivity contribution is -0.165. The average Bonchev–Trinajstić information content (AvgIpc) is 2.55. The van der Waals surface area contributed by atoms with E-state index in [9.17, 15) is 18.7 Å². The predicted octanol–water partition coefficient (Wildman–Crippen LogP) is 5.66. The number of aliphatic hydroxyl groups is 1. The van der Waals surface area contributed by atoms with Gasteiger partial charge in [-0.1, -0.05) is 62.6 Å². The fourth-order valence-electron chi connectivity index (χ4n) is 2.20. The molecule has 0 aromatic heterocycles. The van der Waals surface area contributed by atoms with Gasteiger partial charge in [-0.25, -0.2) is 4.79 Å². The topological polar surface area (TPSA) is 57.5 Å². The summed E-state index contributed by atoms with van der Waals surface area (Å²) in [5, 5.41) is 18.0. The van der Waals surface area contributed by atoms with Crippen LogP contribution in [-0.4, -0.2) is 28.2 Å². The molecule has 3 nitrogen and oxygen atoms in total. The summed E-state index contributed by atoms with van der Waals surface area (Å²) in [6, 6.07) is 0. The van der Waals surface area contributed by atoms with Gasteiger partial charge in [0.25, 0.3) is 0 Å². The van der Waals surface area contributed by atoms with E-state index >= 15 is 0 Å². The van der Waals surface area contributed by atoms with Gasteiger partial charge in [-0.15, -0.1) is 0 Å². The molecule has 0 amide bonds. The lowest BCUT2D eigenvalue weighted by Gasteiger charge is -2.08. The van der Waals surface area contributed by atoms with Gasteiger partial charge >= 0.3 is 11.9 Å². The van der Waals surface area contributed by atoms with Crippen LogP contribution >= 0.6 is 0 Å². The largest absolute Gasteiger partial charge is 0.477 e. The Bertz CT molecular complexity index is 429. The standard InChI is InChI=1S/C20H32F2O3/c1-2-3-12-15-18(23)16-13-10-8-6-4-5-7-9-11-14-17-20(21,22)19(24)25/h8-11,13,16,18,23H,2-7,12,14-15,17H2,1H3,(H,24,25)/b10-8-,11-9-,16-13+. The Morgan fingerprint density at radius 3 is 2.28 bits per heavy atom. The summed E-state index contributed by atoms with van der Waals surface area (Å²) in [7, 11) is 0. The second kappa shape index (κ2) is 14.8. The lowest BCUT2D eigenvalue weighted by Crippen LogP contribution is -2.27. The molecule has 1 atom stereocenters. The van der Waals surface area contributed by atoms with Gasteiger partial charge < -0.3 is 10.2 Å². The number of alkyl halides is 2. The van der Waals surface area contributed by atoms with Gasteiger partial charge in [0, 0.05) is 6.42 Å². The van der Waals surface area contributed by atoms with Gasteiger partial charge in [-0.05, 0) is 38.5 Å². The number of carboxylic acids is 1. The number of carbonyl (C=O) groups is 1. The maximum Gasteiger partial charge on any atom is 0.374 e. The monoisotopic (exact) mass is 358 g/mol. The summed E-state index contributed by atoms with van der Waals surface area (Å²) in [5.74, 6) is -5.69. The molecule has 0 aromatic carbocycles. The summed E-state index contributed by atoms with van der Waals surface area (Å²) >= 11 is 0. The average molecular weight is 358 g/mol. The summed E-state index contributed by atoms with van der Waals surface area (Å²) in [6.45, 7) is 2.14. The molecule has 1 unspecified atom stereocenters.